The Hall–Kier alpha value is 2.28. The summed E-state index contributed by atoms with van der Waals surface area (Å²) in [5.74, 6) is 0. The predicted octanol–water partition coefficient (Wildman–Crippen LogP) is 1.89. The minimum Gasteiger partial charge on any atom is -0.545 e. The van der Waals surface area contributed by atoms with Crippen molar-refractivity contribution in [2.45, 2.75) is 4.90 Å². The molecule has 0 spiro atoms. The monoisotopic (exact) mass is 653 g/mol. The van der Waals surface area contributed by atoms with Crippen molar-refractivity contribution in [2.24, 2.45) is 0 Å². The van der Waals surface area contributed by atoms with Gasteiger partial charge in [0, 0.05) is 130 Å². The molecule has 0 aromatic heterocycles. The number of benzene rings is 2. The van der Waals surface area contributed by atoms with Crippen LogP contribution >= 0.6 is 0 Å². The van der Waals surface area contributed by atoms with Gasteiger partial charge in [0.1, 0.15) is 0 Å². The first-order chi connectivity index (χ1) is 7.68. The van der Waals surface area contributed by atoms with Gasteiger partial charge in [-0.3, -0.25) is 9.62 Å². The Morgan fingerprint density at radius 3 is 1.95 bits per heavy atom. The zero-order valence-electron chi connectivity index (χ0n) is 10.00. The summed E-state index contributed by atoms with van der Waals surface area (Å²) in [5, 5.41) is 0. The Morgan fingerprint density at radius 2 is 1.42 bits per heavy atom. The second-order valence-corrected chi connectivity index (χ2v) is 4.66. The maximum Gasteiger partial charge on any atom is 0.197 e. The summed E-state index contributed by atoms with van der Waals surface area (Å²) in [6.45, 7) is 0. The van der Waals surface area contributed by atoms with Gasteiger partial charge in [-0.05, 0) is 12.1 Å². The molecular formula is C12H8NO2Pr3S-3. The van der Waals surface area contributed by atoms with E-state index in [-0.39, 0.29) is 129 Å². The van der Waals surface area contributed by atoms with Crippen molar-refractivity contribution >= 4 is 15.7 Å². The van der Waals surface area contributed by atoms with Crippen LogP contribution in [-0.4, -0.2) is 8.42 Å². The summed E-state index contributed by atoms with van der Waals surface area (Å²) in [4.78, 5) is -0.0184. The zero-order chi connectivity index (χ0) is 11.4. The second-order valence-electron chi connectivity index (χ2n) is 3.04. The van der Waals surface area contributed by atoms with E-state index in [4.69, 9.17) is 0 Å². The molecular weight excluding hydrogens is 645 g/mol. The van der Waals surface area contributed by atoms with Crippen LogP contribution in [0.25, 0.3) is 0 Å². The van der Waals surface area contributed by atoms with E-state index in [9.17, 15) is 8.42 Å². The summed E-state index contributed by atoms with van der Waals surface area (Å²) in [7, 11) is -3.59. The van der Waals surface area contributed by atoms with Gasteiger partial charge >= 0.3 is 0 Å². The van der Waals surface area contributed by atoms with Crippen LogP contribution in [0.2, 0.25) is 0 Å². The number of sulfonamides is 1. The molecule has 2 aromatic rings. The van der Waals surface area contributed by atoms with Crippen LogP contribution in [-0.2, 0) is 10.0 Å². The average molecular weight is 653 g/mol. The molecule has 0 aliphatic rings. The van der Waals surface area contributed by atoms with Gasteiger partial charge < -0.3 is 30.3 Å². The van der Waals surface area contributed by atoms with Crippen molar-refractivity contribution < 1.29 is 132 Å². The molecule has 0 heterocycles. The van der Waals surface area contributed by atoms with E-state index in [1.165, 1.54) is 12.1 Å². The summed E-state index contributed by atoms with van der Waals surface area (Å²) in [5.41, 5.74) is 0.511. The smallest absolute Gasteiger partial charge is 0.197 e. The van der Waals surface area contributed by atoms with Crippen LogP contribution in [0.5, 0.6) is 0 Å². The summed E-state index contributed by atoms with van der Waals surface area (Å²) < 4.78 is 26.1. The molecule has 0 fully saturated rings. The van der Waals surface area contributed by atoms with E-state index >= 15 is 0 Å². The van der Waals surface area contributed by atoms with Crippen molar-refractivity contribution in [3.63, 3.8) is 0 Å². The van der Waals surface area contributed by atoms with Crippen LogP contribution in [0.1, 0.15) is 0 Å². The molecule has 0 amide bonds. The van der Waals surface area contributed by atoms with Gasteiger partial charge in [0.15, 0.2) is 10.0 Å². The van der Waals surface area contributed by atoms with Gasteiger partial charge in [0.05, 0.1) is 0 Å². The van der Waals surface area contributed by atoms with E-state index < -0.39 is 10.0 Å². The third kappa shape index (κ3) is 7.91. The normalized spacial score (nSPS) is 9.26. The molecule has 19 heavy (non-hydrogen) atoms. The standard InChI is InChI=1S/C12H8NO2S.3Pr/c14-16(15,12-9-5-2-6-10-12)13-11-7-3-1-4-8-11;;;/h1,3-8,13H;;;/q-3;;;. The number of hydrogen-bond donors (Lipinski definition) is 1. The molecule has 0 aliphatic carbocycles. The van der Waals surface area contributed by atoms with Gasteiger partial charge in [-0.15, -0.1) is 0 Å². The number of hydrogen-bond acceptors (Lipinski definition) is 2. The van der Waals surface area contributed by atoms with E-state index in [2.05, 4.69) is 22.9 Å². The first kappa shape index (κ1) is 23.5. The van der Waals surface area contributed by atoms with E-state index in [0.29, 0.717) is 5.69 Å². The molecule has 3 radical (unpaired) electrons. The van der Waals surface area contributed by atoms with Gasteiger partial charge in [-0.25, -0.2) is 8.42 Å². The Bertz CT molecular complexity index is 562. The molecule has 0 bridgehead atoms. The topological polar surface area (TPSA) is 46.2 Å². The van der Waals surface area contributed by atoms with E-state index in [1.54, 1.807) is 24.3 Å². The summed E-state index contributed by atoms with van der Waals surface area (Å²) in [6.07, 6.45) is 0. The van der Waals surface area contributed by atoms with Gasteiger partial charge in [0.25, 0.3) is 0 Å². The Morgan fingerprint density at radius 1 is 0.895 bits per heavy atom. The third-order valence-electron chi connectivity index (χ3n) is 1.87. The third-order valence-corrected chi connectivity index (χ3v) is 3.15. The van der Waals surface area contributed by atoms with Crippen molar-refractivity contribution in [1.29, 1.82) is 0 Å². The number of anilines is 1. The molecule has 2 rings (SSSR count). The van der Waals surface area contributed by atoms with Crippen LogP contribution in [0, 0.1) is 142 Å². The SMILES string of the molecule is O=S(=O)(Nc1ccccc1)c1[c-]c[c-]c[c-]1.[Pr].[Pr].[Pr]. The molecule has 3 nitrogen and oxygen atoms in total. The van der Waals surface area contributed by atoms with Crippen LogP contribution < -0.4 is 4.72 Å². The average Bonchev–Trinajstić information content (AvgIpc) is 2.31. The van der Waals surface area contributed by atoms with Crippen LogP contribution in [0.15, 0.2) is 47.4 Å². The second kappa shape index (κ2) is 11.8. The Kier molecular flexibility index (Phi) is 14.6. The fraction of sp³-hybridized carbons (Fsp3) is 0. The maximum absolute atomic E-state index is 11.8. The minimum absolute atomic E-state index is 0. The van der Waals surface area contributed by atoms with Crippen molar-refractivity contribution in [1.82, 2.24) is 0 Å². The van der Waals surface area contributed by atoms with Crippen molar-refractivity contribution in [3.8, 4) is 0 Å². The van der Waals surface area contributed by atoms with Gasteiger partial charge in [-0.2, -0.15) is 0 Å². The molecule has 1 N–H and O–H groups in total. The zero-order valence-corrected chi connectivity index (χ0v) is 21.9. The Labute approximate surface area is 213 Å². The first-order valence-corrected chi connectivity index (χ1v) is 6.04. The molecule has 0 aliphatic heterocycles. The van der Waals surface area contributed by atoms with Crippen molar-refractivity contribution in [3.05, 3.63) is 60.7 Å². The molecule has 91 valence electrons. The molecule has 0 atom stereocenters. The maximum atomic E-state index is 11.8. The number of rotatable bonds is 3. The van der Waals surface area contributed by atoms with E-state index in [0.717, 1.165) is 0 Å². The molecule has 0 saturated carbocycles. The molecule has 0 saturated heterocycles. The fourth-order valence-corrected chi connectivity index (χ4v) is 2.14. The van der Waals surface area contributed by atoms with Gasteiger partial charge in [0.2, 0.25) is 0 Å². The predicted molar refractivity (Wildman–Crippen MR) is 60.2 cm³/mol. The first-order valence-electron chi connectivity index (χ1n) is 4.56. The minimum atomic E-state index is -3.59. The van der Waals surface area contributed by atoms with E-state index in [1.807, 2.05) is 6.07 Å². The molecule has 7 heteroatoms. The summed E-state index contributed by atoms with van der Waals surface area (Å²) >= 11 is 0. The number of nitrogens with one attached hydrogen (secondary N) is 1. The fourth-order valence-electron chi connectivity index (χ4n) is 1.17. The molecule has 2 aromatic carbocycles. The molecule has 0 unspecified atom stereocenters. The van der Waals surface area contributed by atoms with Crippen molar-refractivity contribution in [2.75, 3.05) is 4.72 Å². The number of para-hydroxylation sites is 1. The van der Waals surface area contributed by atoms with Crippen LogP contribution in [0.4, 0.5) is 5.69 Å². The largest absolute Gasteiger partial charge is 0.545 e. The Balaban J connectivity index is 0. The quantitative estimate of drug-likeness (QED) is 0.516. The van der Waals surface area contributed by atoms with Gasteiger partial charge in [-0.1, -0.05) is 18.2 Å². The van der Waals surface area contributed by atoms with Crippen LogP contribution in [0.3, 0.4) is 0 Å². The summed E-state index contributed by atoms with van der Waals surface area (Å²) in [6, 6.07) is 19.3.